The number of aromatic nitrogens is 5. The van der Waals surface area contributed by atoms with E-state index < -0.39 is 0 Å². The number of imidazole rings is 1. The van der Waals surface area contributed by atoms with Crippen LogP contribution >= 0.6 is 0 Å². The van der Waals surface area contributed by atoms with Crippen molar-refractivity contribution in [2.75, 3.05) is 25.1 Å². The number of nitrogens with zero attached hydrogens (tertiary/aromatic N) is 6. The van der Waals surface area contributed by atoms with Crippen LogP contribution in [-0.2, 0) is 11.8 Å². The monoisotopic (exact) mass is 352 g/mol. The molecule has 0 atom stereocenters. The molecule has 4 heterocycles. The molecule has 0 N–H and O–H groups in total. The van der Waals surface area contributed by atoms with E-state index >= 15 is 0 Å². The van der Waals surface area contributed by atoms with E-state index in [0.717, 1.165) is 54.5 Å². The first kappa shape index (κ1) is 16.8. The van der Waals surface area contributed by atoms with Gasteiger partial charge in [0.25, 0.3) is 0 Å². The fourth-order valence-corrected chi connectivity index (χ4v) is 3.35. The minimum absolute atomic E-state index is 0.352. The number of piperidine rings is 1. The quantitative estimate of drug-likeness (QED) is 0.722. The molecule has 0 aliphatic carbocycles. The lowest BCUT2D eigenvalue weighted by Gasteiger charge is -2.31. The van der Waals surface area contributed by atoms with Gasteiger partial charge in [0.05, 0.1) is 30.0 Å². The van der Waals surface area contributed by atoms with Gasteiger partial charge in [0.2, 0.25) is 0 Å². The molecule has 1 aliphatic rings. The van der Waals surface area contributed by atoms with E-state index in [-0.39, 0.29) is 0 Å². The average Bonchev–Trinajstić information content (AvgIpc) is 3.29. The van der Waals surface area contributed by atoms with Crippen molar-refractivity contribution < 1.29 is 4.74 Å². The lowest BCUT2D eigenvalue weighted by atomic mass is 10.1. The van der Waals surface area contributed by atoms with Crippen LogP contribution in [0.4, 0.5) is 5.82 Å². The molecule has 1 saturated heterocycles. The number of hydrogen-bond acceptors (Lipinski definition) is 5. The van der Waals surface area contributed by atoms with Gasteiger partial charge in [0, 0.05) is 45.2 Å². The number of aryl methyl sites for hydroxylation is 2. The van der Waals surface area contributed by atoms with Gasteiger partial charge in [-0.15, -0.1) is 5.10 Å². The van der Waals surface area contributed by atoms with Gasteiger partial charge in [-0.25, -0.2) is 9.67 Å². The number of hydrogen-bond donors (Lipinski definition) is 0. The summed E-state index contributed by atoms with van der Waals surface area (Å²) in [4.78, 5) is 11.3. The molecule has 0 amide bonds. The highest BCUT2D eigenvalue weighted by Crippen LogP contribution is 2.28. The van der Waals surface area contributed by atoms with E-state index in [1.807, 2.05) is 54.1 Å². The Balaban J connectivity index is 1.72. The van der Waals surface area contributed by atoms with E-state index in [0.29, 0.717) is 6.10 Å². The van der Waals surface area contributed by atoms with Crippen LogP contribution in [0, 0.1) is 6.92 Å². The van der Waals surface area contributed by atoms with Crippen molar-refractivity contribution in [1.82, 2.24) is 24.3 Å². The number of rotatable bonds is 4. The first-order valence-corrected chi connectivity index (χ1v) is 8.93. The predicted molar refractivity (Wildman–Crippen MR) is 101 cm³/mol. The Hall–Kier alpha value is -2.67. The van der Waals surface area contributed by atoms with Crippen molar-refractivity contribution in [3.05, 3.63) is 42.6 Å². The SMILES string of the molecule is COC1CCN(c2cc(-c3cn(C)cn3)n(-c3ccc(C)nc3)n2)CC1. The normalized spacial score (nSPS) is 15.6. The Morgan fingerprint density at radius 3 is 2.58 bits per heavy atom. The maximum absolute atomic E-state index is 5.48. The highest BCUT2D eigenvalue weighted by Gasteiger charge is 2.23. The molecule has 3 aromatic heterocycles. The zero-order valence-electron chi connectivity index (χ0n) is 15.5. The maximum Gasteiger partial charge on any atom is 0.151 e. The summed E-state index contributed by atoms with van der Waals surface area (Å²) >= 11 is 0. The highest BCUT2D eigenvalue weighted by molar-refractivity contribution is 5.63. The van der Waals surface area contributed by atoms with Crippen LogP contribution in [0.2, 0.25) is 0 Å². The summed E-state index contributed by atoms with van der Waals surface area (Å²) in [6.07, 6.45) is 8.07. The lowest BCUT2D eigenvalue weighted by Crippen LogP contribution is -2.36. The Morgan fingerprint density at radius 2 is 1.96 bits per heavy atom. The minimum Gasteiger partial charge on any atom is -0.381 e. The molecule has 1 fully saturated rings. The standard InChI is InChI=1S/C19H24N6O/c1-14-4-5-15(11-20-14)25-18(17-12-23(2)13-21-17)10-19(22-25)24-8-6-16(26-3)7-9-24/h4-5,10-13,16H,6-9H2,1-3H3. The van der Waals surface area contributed by atoms with Gasteiger partial charge in [0.15, 0.2) is 5.82 Å². The number of methoxy groups -OCH3 is 1. The molecule has 0 bridgehead atoms. The van der Waals surface area contributed by atoms with Gasteiger partial charge in [-0.2, -0.15) is 0 Å². The number of anilines is 1. The molecule has 7 heteroatoms. The first-order valence-electron chi connectivity index (χ1n) is 8.93. The second kappa shape index (κ2) is 6.92. The molecule has 0 spiro atoms. The van der Waals surface area contributed by atoms with Crippen LogP contribution in [0.3, 0.4) is 0 Å². The van der Waals surface area contributed by atoms with Crippen LogP contribution < -0.4 is 4.90 Å². The third-order valence-electron chi connectivity index (χ3n) is 4.90. The maximum atomic E-state index is 5.48. The zero-order valence-corrected chi connectivity index (χ0v) is 15.5. The van der Waals surface area contributed by atoms with E-state index in [1.165, 1.54) is 0 Å². The Kier molecular flexibility index (Phi) is 4.46. The summed E-state index contributed by atoms with van der Waals surface area (Å²) in [5.41, 5.74) is 3.80. The molecular weight excluding hydrogens is 328 g/mol. The first-order chi connectivity index (χ1) is 12.6. The van der Waals surface area contributed by atoms with E-state index in [9.17, 15) is 0 Å². The molecule has 0 saturated carbocycles. The summed E-state index contributed by atoms with van der Waals surface area (Å²) in [6.45, 7) is 3.88. The summed E-state index contributed by atoms with van der Waals surface area (Å²) in [5, 5.41) is 4.88. The second-order valence-corrected chi connectivity index (χ2v) is 6.80. The topological polar surface area (TPSA) is 61.0 Å². The third-order valence-corrected chi connectivity index (χ3v) is 4.90. The molecule has 0 unspecified atom stereocenters. The second-order valence-electron chi connectivity index (χ2n) is 6.80. The van der Waals surface area contributed by atoms with Crippen LogP contribution in [0.1, 0.15) is 18.5 Å². The molecular formula is C19H24N6O. The van der Waals surface area contributed by atoms with E-state index in [2.05, 4.69) is 20.9 Å². The van der Waals surface area contributed by atoms with Gasteiger partial charge in [0.1, 0.15) is 5.69 Å². The van der Waals surface area contributed by atoms with Gasteiger partial charge < -0.3 is 14.2 Å². The Labute approximate surface area is 153 Å². The largest absolute Gasteiger partial charge is 0.381 e. The molecule has 3 aromatic rings. The van der Waals surface area contributed by atoms with E-state index in [1.54, 1.807) is 7.11 Å². The summed E-state index contributed by atoms with van der Waals surface area (Å²) in [6, 6.07) is 6.17. The number of pyridine rings is 1. The van der Waals surface area contributed by atoms with Crippen molar-refractivity contribution in [3.63, 3.8) is 0 Å². The molecule has 136 valence electrons. The minimum atomic E-state index is 0.352. The smallest absolute Gasteiger partial charge is 0.151 e. The predicted octanol–water partition coefficient (Wildman–Crippen LogP) is 2.59. The Morgan fingerprint density at radius 1 is 1.15 bits per heavy atom. The van der Waals surface area contributed by atoms with Crippen molar-refractivity contribution >= 4 is 5.82 Å². The van der Waals surface area contributed by atoms with Gasteiger partial charge in [-0.3, -0.25) is 4.98 Å². The summed E-state index contributed by atoms with van der Waals surface area (Å²) < 4.78 is 9.37. The molecule has 0 aromatic carbocycles. The average molecular weight is 352 g/mol. The van der Waals surface area contributed by atoms with Crippen molar-refractivity contribution in [3.8, 4) is 17.1 Å². The molecule has 7 nitrogen and oxygen atoms in total. The van der Waals surface area contributed by atoms with Crippen molar-refractivity contribution in [2.24, 2.45) is 7.05 Å². The number of ether oxygens (including phenoxy) is 1. The molecule has 1 aliphatic heterocycles. The lowest BCUT2D eigenvalue weighted by molar-refractivity contribution is 0.0818. The van der Waals surface area contributed by atoms with Gasteiger partial charge in [-0.1, -0.05) is 0 Å². The molecule has 26 heavy (non-hydrogen) atoms. The summed E-state index contributed by atoms with van der Waals surface area (Å²) in [7, 11) is 3.76. The third kappa shape index (κ3) is 3.22. The fraction of sp³-hybridized carbons (Fsp3) is 0.421. The summed E-state index contributed by atoms with van der Waals surface area (Å²) in [5.74, 6) is 0.973. The van der Waals surface area contributed by atoms with Crippen molar-refractivity contribution in [1.29, 1.82) is 0 Å². The van der Waals surface area contributed by atoms with Crippen molar-refractivity contribution in [2.45, 2.75) is 25.9 Å². The van der Waals surface area contributed by atoms with Crippen LogP contribution in [0.25, 0.3) is 17.1 Å². The fourth-order valence-electron chi connectivity index (χ4n) is 3.35. The van der Waals surface area contributed by atoms with Crippen LogP contribution in [0.5, 0.6) is 0 Å². The van der Waals surface area contributed by atoms with Gasteiger partial charge >= 0.3 is 0 Å². The highest BCUT2D eigenvalue weighted by atomic mass is 16.5. The zero-order chi connectivity index (χ0) is 18.1. The Bertz CT molecular complexity index is 874. The van der Waals surface area contributed by atoms with Crippen LogP contribution in [0.15, 0.2) is 36.9 Å². The van der Waals surface area contributed by atoms with Crippen LogP contribution in [-0.4, -0.2) is 50.6 Å². The van der Waals surface area contributed by atoms with Gasteiger partial charge in [-0.05, 0) is 31.9 Å². The molecule has 0 radical (unpaired) electrons. The molecule has 4 rings (SSSR count). The van der Waals surface area contributed by atoms with E-state index in [4.69, 9.17) is 9.84 Å².